The Morgan fingerprint density at radius 1 is 1.32 bits per heavy atom. The van der Waals surface area contributed by atoms with Gasteiger partial charge in [-0.2, -0.15) is 0 Å². The summed E-state index contributed by atoms with van der Waals surface area (Å²) < 4.78 is 27.2. The van der Waals surface area contributed by atoms with Crippen LogP contribution in [0.4, 0.5) is 14.7 Å². The number of rotatable bonds is 2. The molecule has 2 rings (SSSR count). The highest BCUT2D eigenvalue weighted by Crippen LogP contribution is 2.17. The van der Waals surface area contributed by atoms with Crippen LogP contribution in [0.5, 0.6) is 0 Å². The smallest absolute Gasteiger partial charge is 0.264 e. The lowest BCUT2D eigenvalue weighted by molar-refractivity contribution is 0.101. The van der Waals surface area contributed by atoms with Crippen LogP contribution in [0, 0.1) is 18.6 Å². The van der Waals surface area contributed by atoms with Gasteiger partial charge in [0.1, 0.15) is 22.4 Å². The molecule has 0 fully saturated rings. The van der Waals surface area contributed by atoms with Crippen LogP contribution in [0.25, 0.3) is 0 Å². The molecule has 98 valence electrons. The van der Waals surface area contributed by atoms with Crippen LogP contribution in [-0.4, -0.2) is 15.9 Å². The Hall–Kier alpha value is -2.08. The molecule has 0 unspecified atom stereocenters. The maximum absolute atomic E-state index is 13.7. The molecule has 0 bridgehead atoms. The lowest BCUT2D eigenvalue weighted by Gasteiger charge is -2.07. The number of carbonyl (C=O) groups is 1. The zero-order valence-electron chi connectivity index (χ0n) is 9.75. The van der Waals surface area contributed by atoms with Gasteiger partial charge in [0.2, 0.25) is 5.95 Å². The third-order valence-corrected chi connectivity index (χ3v) is 2.57. The van der Waals surface area contributed by atoms with Crippen LogP contribution in [0.1, 0.15) is 15.9 Å². The molecule has 1 aromatic heterocycles. The second kappa shape index (κ2) is 5.27. The number of amides is 1. The standard InChI is InChI=1S/C12H8ClF2N3O/c1-6-2-3-7(14)9(10(6)15)11(19)18-12-16-5-4-8(13)17-12/h2-5H,1H3,(H,16,17,18,19). The van der Waals surface area contributed by atoms with Crippen molar-refractivity contribution in [2.24, 2.45) is 0 Å². The predicted octanol–water partition coefficient (Wildman–Crippen LogP) is 2.97. The van der Waals surface area contributed by atoms with Gasteiger partial charge in [-0.05, 0) is 24.6 Å². The third-order valence-electron chi connectivity index (χ3n) is 2.36. The van der Waals surface area contributed by atoms with E-state index in [1.54, 1.807) is 0 Å². The summed E-state index contributed by atoms with van der Waals surface area (Å²) in [6.45, 7) is 1.43. The fraction of sp³-hybridized carbons (Fsp3) is 0.0833. The summed E-state index contributed by atoms with van der Waals surface area (Å²) in [5.41, 5.74) is -0.512. The molecule has 1 amide bonds. The fourth-order valence-corrected chi connectivity index (χ4v) is 1.56. The van der Waals surface area contributed by atoms with E-state index < -0.39 is 23.1 Å². The molecule has 7 heteroatoms. The number of hydrogen-bond acceptors (Lipinski definition) is 3. The number of aryl methyl sites for hydroxylation is 1. The first-order valence-corrected chi connectivity index (χ1v) is 5.61. The number of halogens is 3. The van der Waals surface area contributed by atoms with Gasteiger partial charge in [-0.15, -0.1) is 0 Å². The van der Waals surface area contributed by atoms with Gasteiger partial charge in [0.05, 0.1) is 0 Å². The lowest BCUT2D eigenvalue weighted by atomic mass is 10.1. The lowest BCUT2D eigenvalue weighted by Crippen LogP contribution is -2.18. The second-order valence-electron chi connectivity index (χ2n) is 3.71. The first kappa shape index (κ1) is 13.4. The van der Waals surface area contributed by atoms with Gasteiger partial charge < -0.3 is 0 Å². The van der Waals surface area contributed by atoms with Crippen LogP contribution in [-0.2, 0) is 0 Å². The summed E-state index contributed by atoms with van der Waals surface area (Å²) in [6, 6.07) is 3.68. The molecule has 19 heavy (non-hydrogen) atoms. The Labute approximate surface area is 112 Å². The number of nitrogens with zero attached hydrogens (tertiary/aromatic N) is 2. The number of aromatic nitrogens is 2. The summed E-state index contributed by atoms with van der Waals surface area (Å²) in [4.78, 5) is 19.2. The Morgan fingerprint density at radius 3 is 2.74 bits per heavy atom. The molecule has 0 spiro atoms. The topological polar surface area (TPSA) is 54.9 Å². The molecular weight excluding hydrogens is 276 g/mol. The van der Waals surface area contributed by atoms with Crippen LogP contribution < -0.4 is 5.32 Å². The summed E-state index contributed by atoms with van der Waals surface area (Å²) in [6.07, 6.45) is 1.31. The molecule has 0 radical (unpaired) electrons. The van der Waals surface area contributed by atoms with Crippen LogP contribution in [0.2, 0.25) is 5.15 Å². The van der Waals surface area contributed by atoms with Gasteiger partial charge in [-0.25, -0.2) is 18.7 Å². The van der Waals surface area contributed by atoms with Gasteiger partial charge in [0.25, 0.3) is 5.91 Å². The zero-order valence-corrected chi connectivity index (χ0v) is 10.5. The largest absolute Gasteiger partial charge is 0.290 e. The molecule has 0 aliphatic heterocycles. The quantitative estimate of drug-likeness (QED) is 0.862. The molecule has 0 aliphatic carbocycles. The van der Waals surface area contributed by atoms with E-state index in [9.17, 15) is 13.6 Å². The Balaban J connectivity index is 2.33. The molecule has 1 heterocycles. The van der Waals surface area contributed by atoms with Gasteiger partial charge in [0.15, 0.2) is 0 Å². The minimum absolute atomic E-state index is 0.107. The van der Waals surface area contributed by atoms with Gasteiger partial charge in [-0.1, -0.05) is 17.7 Å². The molecule has 4 nitrogen and oxygen atoms in total. The van der Waals surface area contributed by atoms with E-state index in [1.807, 2.05) is 0 Å². The van der Waals surface area contributed by atoms with E-state index in [0.717, 1.165) is 6.07 Å². The maximum atomic E-state index is 13.7. The van der Waals surface area contributed by atoms with Crippen molar-refractivity contribution in [1.29, 1.82) is 0 Å². The molecule has 2 aromatic rings. The second-order valence-corrected chi connectivity index (χ2v) is 4.10. The maximum Gasteiger partial charge on any atom is 0.264 e. The van der Waals surface area contributed by atoms with E-state index >= 15 is 0 Å². The summed E-state index contributed by atoms with van der Waals surface area (Å²) >= 11 is 5.61. The number of anilines is 1. The van der Waals surface area contributed by atoms with Crippen LogP contribution in [0.3, 0.4) is 0 Å². The average Bonchev–Trinajstić information content (AvgIpc) is 2.34. The average molecular weight is 284 g/mol. The van der Waals surface area contributed by atoms with Crippen molar-refractivity contribution in [3.8, 4) is 0 Å². The Kier molecular flexibility index (Phi) is 3.71. The van der Waals surface area contributed by atoms with E-state index in [1.165, 1.54) is 25.3 Å². The fourth-order valence-electron chi connectivity index (χ4n) is 1.43. The van der Waals surface area contributed by atoms with Crippen molar-refractivity contribution in [2.45, 2.75) is 6.92 Å². The van der Waals surface area contributed by atoms with Crippen molar-refractivity contribution in [3.05, 3.63) is 52.3 Å². The van der Waals surface area contributed by atoms with Crippen molar-refractivity contribution in [2.75, 3.05) is 5.32 Å². The summed E-state index contributed by atoms with van der Waals surface area (Å²) in [7, 11) is 0. The van der Waals surface area contributed by atoms with E-state index in [0.29, 0.717) is 0 Å². The Bertz CT molecular complexity index is 649. The zero-order chi connectivity index (χ0) is 14.0. The van der Waals surface area contributed by atoms with Crippen molar-refractivity contribution >= 4 is 23.5 Å². The third kappa shape index (κ3) is 2.85. The summed E-state index contributed by atoms with van der Waals surface area (Å²) in [5.74, 6) is -2.97. The van der Waals surface area contributed by atoms with Crippen molar-refractivity contribution in [1.82, 2.24) is 9.97 Å². The molecule has 1 aromatic carbocycles. The first-order chi connectivity index (χ1) is 8.99. The highest BCUT2D eigenvalue weighted by atomic mass is 35.5. The minimum Gasteiger partial charge on any atom is -0.290 e. The number of hydrogen-bond donors (Lipinski definition) is 1. The number of carbonyl (C=O) groups excluding carboxylic acids is 1. The van der Waals surface area contributed by atoms with Crippen molar-refractivity contribution in [3.63, 3.8) is 0 Å². The number of nitrogens with one attached hydrogen (secondary N) is 1. The highest BCUT2D eigenvalue weighted by molar-refractivity contribution is 6.29. The molecule has 0 saturated heterocycles. The Morgan fingerprint density at radius 2 is 2.05 bits per heavy atom. The van der Waals surface area contributed by atoms with Gasteiger partial charge in [-0.3, -0.25) is 10.1 Å². The minimum atomic E-state index is -0.971. The molecule has 0 atom stereocenters. The predicted molar refractivity (Wildman–Crippen MR) is 66.1 cm³/mol. The van der Waals surface area contributed by atoms with Crippen molar-refractivity contribution < 1.29 is 13.6 Å². The van der Waals surface area contributed by atoms with Gasteiger partial charge in [0, 0.05) is 6.20 Å². The highest BCUT2D eigenvalue weighted by Gasteiger charge is 2.19. The SMILES string of the molecule is Cc1ccc(F)c(C(=O)Nc2nccc(Cl)n2)c1F. The molecule has 0 saturated carbocycles. The van der Waals surface area contributed by atoms with E-state index in [4.69, 9.17) is 11.6 Å². The molecular formula is C12H8ClF2N3O. The first-order valence-electron chi connectivity index (χ1n) is 5.23. The normalized spacial score (nSPS) is 10.3. The monoisotopic (exact) mass is 283 g/mol. The molecule has 0 aliphatic rings. The van der Waals surface area contributed by atoms with Gasteiger partial charge >= 0.3 is 0 Å². The molecule has 1 N–H and O–H groups in total. The van der Waals surface area contributed by atoms with E-state index in [-0.39, 0.29) is 16.7 Å². The van der Waals surface area contributed by atoms with E-state index in [2.05, 4.69) is 15.3 Å². The van der Waals surface area contributed by atoms with Crippen LogP contribution >= 0.6 is 11.6 Å². The van der Waals surface area contributed by atoms with Crippen LogP contribution in [0.15, 0.2) is 24.4 Å². The summed E-state index contributed by atoms with van der Waals surface area (Å²) in [5, 5.41) is 2.29. The number of benzene rings is 1.